The fourth-order valence-corrected chi connectivity index (χ4v) is 2.67. The van der Waals surface area contributed by atoms with Gasteiger partial charge in [-0.25, -0.2) is 0 Å². The quantitative estimate of drug-likeness (QED) is 0.161. The minimum atomic E-state index is -1.13. The summed E-state index contributed by atoms with van der Waals surface area (Å²) in [5, 5.41) is 35.0. The second-order valence-electron chi connectivity index (χ2n) is 6.30. The summed E-state index contributed by atoms with van der Waals surface area (Å²) in [6.07, 6.45) is 14.9. The summed E-state index contributed by atoms with van der Waals surface area (Å²) >= 11 is 0. The van der Waals surface area contributed by atoms with Crippen LogP contribution >= 0.6 is 0 Å². The monoisotopic (exact) mass is 319 g/mol. The second kappa shape index (κ2) is 17.2. The van der Waals surface area contributed by atoms with Crippen molar-refractivity contribution in [3.05, 3.63) is 0 Å². The summed E-state index contributed by atoms with van der Waals surface area (Å²) in [6.45, 7) is 0. The van der Waals surface area contributed by atoms with Gasteiger partial charge in [-0.1, -0.05) is 70.6 Å². The van der Waals surface area contributed by atoms with Gasteiger partial charge < -0.3 is 20.5 Å². The molecule has 0 aliphatic heterocycles. The fraction of sp³-hybridized carbons (Fsp3) is 1.00. The van der Waals surface area contributed by atoms with Crippen LogP contribution in [0.1, 0.15) is 96.3 Å². The van der Waals surface area contributed by atoms with Crippen molar-refractivity contribution >= 4 is 0 Å². The van der Waals surface area contributed by atoms with E-state index in [1.165, 1.54) is 57.8 Å². The third-order valence-corrected chi connectivity index (χ3v) is 4.09. The smallest absolute Gasteiger partial charge is 0.151 e. The van der Waals surface area contributed by atoms with Crippen molar-refractivity contribution in [2.75, 3.05) is 0 Å². The molecule has 0 heterocycles. The first kappa shape index (κ1) is 21.8. The molecule has 0 aliphatic carbocycles. The highest BCUT2D eigenvalue weighted by Crippen LogP contribution is 2.13. The maximum Gasteiger partial charge on any atom is 0.151 e. The maximum atomic E-state index is 9.09. The van der Waals surface area contributed by atoms with Gasteiger partial charge in [-0.05, 0) is 25.7 Å². The molecule has 134 valence electrons. The van der Waals surface area contributed by atoms with E-state index in [0.717, 1.165) is 25.7 Å². The molecule has 0 fully saturated rings. The Morgan fingerprint density at radius 3 is 1.14 bits per heavy atom. The molecule has 0 radical (unpaired) electrons. The summed E-state index contributed by atoms with van der Waals surface area (Å²) in [5.74, 6) is 0. The van der Waals surface area contributed by atoms with E-state index in [-0.39, 0.29) is 0 Å². The highest BCUT2D eigenvalue weighted by Gasteiger charge is 2.00. The average molecular weight is 319 g/mol. The Hall–Kier alpha value is -0.200. The molecule has 5 heteroatoms. The molecule has 5 N–H and O–H groups in total. The molecule has 1 unspecified atom stereocenters. The second-order valence-corrected chi connectivity index (χ2v) is 6.30. The van der Waals surface area contributed by atoms with Crippen LogP contribution in [0.15, 0.2) is 0 Å². The zero-order chi connectivity index (χ0) is 16.5. The van der Waals surface area contributed by atoms with E-state index < -0.39 is 12.5 Å². The number of rotatable bonds is 17. The molecule has 0 aromatic carbocycles. The lowest BCUT2D eigenvalue weighted by Gasteiger charge is -2.07. The van der Waals surface area contributed by atoms with E-state index in [0.29, 0.717) is 12.8 Å². The lowest BCUT2D eigenvalue weighted by Crippen LogP contribution is -2.24. The number of aliphatic hydroxyl groups is 3. The molecule has 0 rings (SSSR count). The van der Waals surface area contributed by atoms with Crippen molar-refractivity contribution in [1.82, 2.24) is 5.48 Å². The Labute approximate surface area is 135 Å². The minimum absolute atomic E-state index is 0.509. The van der Waals surface area contributed by atoms with Crippen LogP contribution in [0.2, 0.25) is 0 Å². The topological polar surface area (TPSA) is 93.0 Å². The fourth-order valence-electron chi connectivity index (χ4n) is 2.67. The predicted octanol–water partition coefficient (Wildman–Crippen LogP) is 3.45. The van der Waals surface area contributed by atoms with Crippen molar-refractivity contribution in [2.24, 2.45) is 0 Å². The van der Waals surface area contributed by atoms with Gasteiger partial charge in [-0.2, -0.15) is 5.48 Å². The van der Waals surface area contributed by atoms with Crippen LogP contribution in [0, 0.1) is 0 Å². The Bertz CT molecular complexity index is 215. The average Bonchev–Trinajstić information content (AvgIpc) is 2.50. The van der Waals surface area contributed by atoms with Crippen molar-refractivity contribution in [3.8, 4) is 0 Å². The summed E-state index contributed by atoms with van der Waals surface area (Å²) in [4.78, 5) is 0. The lowest BCUT2D eigenvalue weighted by atomic mass is 10.0. The summed E-state index contributed by atoms with van der Waals surface area (Å²) in [6, 6.07) is 0. The Morgan fingerprint density at radius 1 is 0.500 bits per heavy atom. The van der Waals surface area contributed by atoms with Gasteiger partial charge in [0.2, 0.25) is 0 Å². The molecule has 22 heavy (non-hydrogen) atoms. The van der Waals surface area contributed by atoms with Gasteiger partial charge >= 0.3 is 0 Å². The largest absolute Gasteiger partial charge is 0.377 e. The Balaban J connectivity index is 3.00. The van der Waals surface area contributed by atoms with Gasteiger partial charge in [0.25, 0.3) is 0 Å². The first-order valence-corrected chi connectivity index (χ1v) is 9.10. The molecule has 1 atom stereocenters. The van der Waals surface area contributed by atoms with Gasteiger partial charge in [-0.3, -0.25) is 0 Å². The molecular formula is C17H37NO4. The Morgan fingerprint density at radius 2 is 0.818 bits per heavy atom. The van der Waals surface area contributed by atoms with Crippen LogP contribution in [-0.4, -0.2) is 33.0 Å². The summed E-state index contributed by atoms with van der Waals surface area (Å²) < 4.78 is 0. The number of nitrogens with one attached hydrogen (secondary N) is 1. The summed E-state index contributed by atoms with van der Waals surface area (Å²) in [5.41, 5.74) is 1.85. The van der Waals surface area contributed by atoms with Crippen LogP contribution in [-0.2, 0) is 0 Å². The standard InChI is InChI=1S/C17H37NO4/c19-16(18-22)14-12-10-8-6-4-2-1-3-5-7-9-11-13-15-17(20)21/h16-22H,1-15H2. The van der Waals surface area contributed by atoms with E-state index in [2.05, 4.69) is 0 Å². The molecule has 0 aromatic rings. The lowest BCUT2D eigenvalue weighted by molar-refractivity contribution is -0.0466. The minimum Gasteiger partial charge on any atom is -0.377 e. The van der Waals surface area contributed by atoms with Crippen LogP contribution < -0.4 is 5.48 Å². The molecule has 0 aliphatic rings. The van der Waals surface area contributed by atoms with E-state index in [1.807, 2.05) is 5.48 Å². The number of hydrogen-bond donors (Lipinski definition) is 5. The normalized spacial score (nSPS) is 13.0. The third kappa shape index (κ3) is 17.9. The zero-order valence-electron chi connectivity index (χ0n) is 14.1. The number of aliphatic hydroxyl groups excluding tert-OH is 2. The van der Waals surface area contributed by atoms with Crippen LogP contribution in [0.5, 0.6) is 0 Å². The third-order valence-electron chi connectivity index (χ3n) is 4.09. The summed E-state index contributed by atoms with van der Waals surface area (Å²) in [7, 11) is 0. The van der Waals surface area contributed by atoms with Crippen molar-refractivity contribution in [1.29, 1.82) is 0 Å². The molecule has 0 amide bonds. The van der Waals surface area contributed by atoms with Gasteiger partial charge in [-0.15, -0.1) is 0 Å². The molecule has 0 saturated carbocycles. The SMILES string of the molecule is ONC(O)CCCCCCCCCCCCCCCC(O)O. The van der Waals surface area contributed by atoms with Crippen LogP contribution in [0.4, 0.5) is 0 Å². The van der Waals surface area contributed by atoms with Crippen molar-refractivity contribution < 1.29 is 20.5 Å². The first-order chi connectivity index (χ1) is 10.7. The van der Waals surface area contributed by atoms with Gasteiger partial charge in [0, 0.05) is 0 Å². The van der Waals surface area contributed by atoms with Gasteiger partial charge in [0.15, 0.2) is 6.29 Å². The molecule has 5 nitrogen and oxygen atoms in total. The maximum absolute atomic E-state index is 9.09. The van der Waals surface area contributed by atoms with Gasteiger partial charge in [0.05, 0.1) is 0 Å². The van der Waals surface area contributed by atoms with Gasteiger partial charge in [0.1, 0.15) is 6.23 Å². The molecule has 0 spiro atoms. The van der Waals surface area contributed by atoms with Crippen molar-refractivity contribution in [3.63, 3.8) is 0 Å². The number of hydrogen-bond acceptors (Lipinski definition) is 5. The van der Waals surface area contributed by atoms with Crippen molar-refractivity contribution in [2.45, 2.75) is 109 Å². The number of unbranched alkanes of at least 4 members (excludes halogenated alkanes) is 12. The molecule has 0 saturated heterocycles. The predicted molar refractivity (Wildman–Crippen MR) is 88.4 cm³/mol. The van der Waals surface area contributed by atoms with E-state index in [4.69, 9.17) is 20.5 Å². The highest BCUT2D eigenvalue weighted by atomic mass is 16.5. The first-order valence-electron chi connectivity index (χ1n) is 9.10. The highest BCUT2D eigenvalue weighted by molar-refractivity contribution is 4.51. The molecule has 0 bridgehead atoms. The van der Waals surface area contributed by atoms with Crippen LogP contribution in [0.25, 0.3) is 0 Å². The Kier molecular flexibility index (Phi) is 17.0. The number of hydroxylamine groups is 1. The van der Waals surface area contributed by atoms with E-state index in [9.17, 15) is 0 Å². The van der Waals surface area contributed by atoms with E-state index >= 15 is 0 Å². The van der Waals surface area contributed by atoms with E-state index in [1.54, 1.807) is 0 Å². The molecule has 0 aromatic heterocycles. The zero-order valence-corrected chi connectivity index (χ0v) is 14.1. The van der Waals surface area contributed by atoms with Crippen LogP contribution in [0.3, 0.4) is 0 Å². The molecular weight excluding hydrogens is 282 g/mol.